The minimum atomic E-state index is -0.378. The highest BCUT2D eigenvalue weighted by Crippen LogP contribution is 2.26. The maximum Gasteiger partial charge on any atom is 0.277 e. The molecule has 0 saturated carbocycles. The van der Waals surface area contributed by atoms with E-state index in [4.69, 9.17) is 0 Å². The van der Waals surface area contributed by atoms with Crippen LogP contribution in [0.5, 0.6) is 0 Å². The summed E-state index contributed by atoms with van der Waals surface area (Å²) in [5.74, 6) is 0. The summed E-state index contributed by atoms with van der Waals surface area (Å²) < 4.78 is 0. The quantitative estimate of drug-likeness (QED) is 0.414. The van der Waals surface area contributed by atoms with Crippen LogP contribution in [0.25, 0.3) is 10.8 Å². The van der Waals surface area contributed by atoms with Crippen molar-refractivity contribution < 1.29 is 4.92 Å². The van der Waals surface area contributed by atoms with Crippen molar-refractivity contribution in [3.63, 3.8) is 0 Å². The van der Waals surface area contributed by atoms with Crippen molar-refractivity contribution in [2.75, 3.05) is 0 Å². The molecular weight excluding hydrogens is 290 g/mol. The lowest BCUT2D eigenvalue weighted by Crippen LogP contribution is -1.94. The highest BCUT2D eigenvalue weighted by Gasteiger charge is 2.12. The third-order valence-corrected chi connectivity index (χ3v) is 3.75. The zero-order valence-corrected chi connectivity index (χ0v) is 12.6. The molecule has 0 saturated heterocycles. The zero-order chi connectivity index (χ0) is 16.2. The molecule has 5 nitrogen and oxygen atoms in total. The second kappa shape index (κ2) is 6.36. The maximum absolute atomic E-state index is 11.1. The number of aryl methyl sites for hydroxylation is 1. The Morgan fingerprint density at radius 1 is 1.13 bits per heavy atom. The molecule has 0 amide bonds. The van der Waals surface area contributed by atoms with Crippen LogP contribution >= 0.6 is 0 Å². The van der Waals surface area contributed by atoms with Gasteiger partial charge >= 0.3 is 0 Å². The summed E-state index contributed by atoms with van der Waals surface area (Å²) in [7, 11) is 0. The molecular formula is C18H15N3O2. The molecule has 23 heavy (non-hydrogen) atoms. The summed E-state index contributed by atoms with van der Waals surface area (Å²) in [6.07, 6.45) is 3.25. The van der Waals surface area contributed by atoms with E-state index < -0.39 is 0 Å². The van der Waals surface area contributed by atoms with Gasteiger partial charge < -0.3 is 0 Å². The number of hydrogen-bond acceptors (Lipinski definition) is 4. The second-order valence-corrected chi connectivity index (χ2v) is 5.22. The molecule has 0 unspecified atom stereocenters. The van der Waals surface area contributed by atoms with Gasteiger partial charge in [-0.05, 0) is 24.1 Å². The van der Waals surface area contributed by atoms with E-state index >= 15 is 0 Å². The second-order valence-electron chi connectivity index (χ2n) is 5.22. The number of fused-ring (bicyclic) bond motifs is 1. The lowest BCUT2D eigenvalue weighted by Gasteiger charge is -2.03. The fraction of sp³-hybridized carbons (Fsp3) is 0.111. The molecule has 0 aliphatic heterocycles. The van der Waals surface area contributed by atoms with Gasteiger partial charge in [0.2, 0.25) is 0 Å². The molecule has 0 spiro atoms. The summed E-state index contributed by atoms with van der Waals surface area (Å²) in [4.78, 5) is 19.5. The number of nitrogens with zero attached hydrogens (tertiary/aromatic N) is 3. The molecule has 114 valence electrons. The van der Waals surface area contributed by atoms with Gasteiger partial charge in [0.25, 0.3) is 5.69 Å². The third kappa shape index (κ3) is 3.08. The number of aliphatic imine (C=N–C) groups is 1. The molecule has 0 bridgehead atoms. The van der Waals surface area contributed by atoms with E-state index in [0.29, 0.717) is 17.6 Å². The highest BCUT2D eigenvalue weighted by molar-refractivity contribution is 6.01. The van der Waals surface area contributed by atoms with Gasteiger partial charge in [0.05, 0.1) is 22.5 Å². The first-order valence-electron chi connectivity index (χ1n) is 7.23. The fourth-order valence-corrected chi connectivity index (χ4v) is 2.49. The van der Waals surface area contributed by atoms with Crippen LogP contribution in [0.3, 0.4) is 0 Å². The van der Waals surface area contributed by atoms with Crippen molar-refractivity contribution in [1.29, 1.82) is 0 Å². The van der Waals surface area contributed by atoms with Crippen molar-refractivity contribution in [2.24, 2.45) is 4.99 Å². The minimum Gasteiger partial charge on any atom is -0.286 e. The number of pyridine rings is 1. The molecule has 3 aromatic rings. The van der Waals surface area contributed by atoms with Crippen molar-refractivity contribution in [2.45, 2.75) is 13.5 Å². The maximum atomic E-state index is 11.1. The zero-order valence-electron chi connectivity index (χ0n) is 12.6. The Kier molecular flexibility index (Phi) is 4.10. The monoisotopic (exact) mass is 305 g/mol. The Morgan fingerprint density at radius 2 is 1.96 bits per heavy atom. The van der Waals surface area contributed by atoms with Gasteiger partial charge in [-0.3, -0.25) is 20.1 Å². The summed E-state index contributed by atoms with van der Waals surface area (Å²) >= 11 is 0. The SMILES string of the molecule is Cc1ccccc1CN=Cc1nccc2c([N+](=O)[O-])cccc12. The Balaban J connectivity index is 1.95. The van der Waals surface area contributed by atoms with Crippen LogP contribution in [-0.2, 0) is 6.54 Å². The summed E-state index contributed by atoms with van der Waals surface area (Å²) in [6.45, 7) is 2.60. The number of non-ortho nitro benzene ring substituents is 1. The molecule has 1 aromatic heterocycles. The minimum absolute atomic E-state index is 0.0819. The molecule has 0 fully saturated rings. The van der Waals surface area contributed by atoms with E-state index in [9.17, 15) is 10.1 Å². The molecule has 0 aliphatic rings. The predicted molar refractivity (Wildman–Crippen MR) is 90.9 cm³/mol. The Morgan fingerprint density at radius 3 is 2.74 bits per heavy atom. The molecule has 0 N–H and O–H groups in total. The number of aromatic nitrogens is 1. The molecule has 1 heterocycles. The van der Waals surface area contributed by atoms with Gasteiger partial charge in [-0.1, -0.05) is 36.4 Å². The number of benzene rings is 2. The molecule has 3 rings (SSSR count). The number of hydrogen-bond donors (Lipinski definition) is 0. The fourth-order valence-electron chi connectivity index (χ4n) is 2.49. The van der Waals surface area contributed by atoms with E-state index in [0.717, 1.165) is 10.9 Å². The van der Waals surface area contributed by atoms with Crippen molar-refractivity contribution in [1.82, 2.24) is 4.98 Å². The average Bonchev–Trinajstić information content (AvgIpc) is 2.56. The molecule has 2 aromatic carbocycles. The smallest absolute Gasteiger partial charge is 0.277 e. The summed E-state index contributed by atoms with van der Waals surface area (Å²) in [5.41, 5.74) is 3.05. The first-order valence-corrected chi connectivity index (χ1v) is 7.23. The van der Waals surface area contributed by atoms with E-state index in [2.05, 4.69) is 9.98 Å². The Hall–Kier alpha value is -3.08. The first-order chi connectivity index (χ1) is 11.2. The van der Waals surface area contributed by atoms with E-state index in [-0.39, 0.29) is 10.6 Å². The molecule has 0 atom stereocenters. The van der Waals surface area contributed by atoms with Crippen LogP contribution < -0.4 is 0 Å². The number of nitro benzene ring substituents is 1. The van der Waals surface area contributed by atoms with Gasteiger partial charge in [0.1, 0.15) is 0 Å². The molecule has 0 radical (unpaired) electrons. The van der Waals surface area contributed by atoms with Gasteiger partial charge in [-0.2, -0.15) is 0 Å². The van der Waals surface area contributed by atoms with E-state index in [1.807, 2.05) is 37.3 Å². The van der Waals surface area contributed by atoms with Crippen molar-refractivity contribution in [3.8, 4) is 0 Å². The summed E-state index contributed by atoms with van der Waals surface area (Å²) in [6, 6.07) is 14.7. The number of nitro groups is 1. The van der Waals surface area contributed by atoms with Gasteiger partial charge in [0, 0.05) is 23.9 Å². The van der Waals surface area contributed by atoms with Crippen LogP contribution in [0.4, 0.5) is 5.69 Å². The van der Waals surface area contributed by atoms with Gasteiger partial charge in [-0.25, -0.2) is 0 Å². The Bertz CT molecular complexity index is 904. The third-order valence-electron chi connectivity index (χ3n) is 3.75. The molecule has 0 aliphatic carbocycles. The summed E-state index contributed by atoms with van der Waals surface area (Å²) in [5, 5.41) is 12.4. The predicted octanol–water partition coefficient (Wildman–Crippen LogP) is 4.07. The van der Waals surface area contributed by atoms with Crippen molar-refractivity contribution >= 4 is 22.7 Å². The lowest BCUT2D eigenvalue weighted by molar-refractivity contribution is -0.383. The van der Waals surface area contributed by atoms with Crippen molar-refractivity contribution in [3.05, 3.63) is 81.7 Å². The average molecular weight is 305 g/mol. The normalized spacial score (nSPS) is 11.2. The Labute approximate surface area is 133 Å². The molecule has 5 heteroatoms. The largest absolute Gasteiger partial charge is 0.286 e. The first kappa shape index (κ1) is 14.8. The van der Waals surface area contributed by atoms with Crippen LogP contribution in [0.1, 0.15) is 16.8 Å². The van der Waals surface area contributed by atoms with E-state index in [1.165, 1.54) is 11.6 Å². The lowest BCUT2D eigenvalue weighted by atomic mass is 10.1. The number of rotatable bonds is 4. The van der Waals surface area contributed by atoms with Crippen LogP contribution in [0.2, 0.25) is 0 Å². The van der Waals surface area contributed by atoms with E-state index in [1.54, 1.807) is 24.5 Å². The van der Waals surface area contributed by atoms with Crippen LogP contribution in [0, 0.1) is 17.0 Å². The highest BCUT2D eigenvalue weighted by atomic mass is 16.6. The topological polar surface area (TPSA) is 68.4 Å². The standard InChI is InChI=1S/C18H15N3O2/c1-13-5-2-3-6-14(13)11-19-12-17-15-7-4-8-18(21(22)23)16(15)9-10-20-17/h2-10,12H,11H2,1H3. The van der Waals surface area contributed by atoms with Crippen LogP contribution in [-0.4, -0.2) is 16.1 Å². The van der Waals surface area contributed by atoms with Gasteiger partial charge in [0.15, 0.2) is 0 Å². The van der Waals surface area contributed by atoms with Gasteiger partial charge in [-0.15, -0.1) is 0 Å². The van der Waals surface area contributed by atoms with Crippen LogP contribution in [0.15, 0.2) is 59.7 Å².